The molecule has 0 amide bonds. The van der Waals surface area contributed by atoms with E-state index in [1.54, 1.807) is 12.4 Å². The molecule has 4 N–H and O–H groups in total. The highest BCUT2D eigenvalue weighted by Gasteiger charge is 2.46. The first-order valence-electron chi connectivity index (χ1n) is 10.6. The zero-order valence-corrected chi connectivity index (χ0v) is 17.1. The number of aromatic nitrogens is 1. The number of Topliss-reactive ketones (excluding diaryl/α,β-unsaturated/α-hetero) is 1. The van der Waals surface area contributed by atoms with E-state index in [9.17, 15) is 10.1 Å². The Morgan fingerprint density at radius 1 is 1.16 bits per heavy atom. The summed E-state index contributed by atoms with van der Waals surface area (Å²) in [6.07, 6.45) is 5.44. The van der Waals surface area contributed by atoms with Crippen LogP contribution < -0.4 is 21.5 Å². The van der Waals surface area contributed by atoms with Crippen LogP contribution in [0.4, 0.5) is 5.69 Å². The van der Waals surface area contributed by atoms with Gasteiger partial charge in [0.15, 0.2) is 5.78 Å². The second-order valence-corrected chi connectivity index (χ2v) is 8.15. The van der Waals surface area contributed by atoms with Gasteiger partial charge in [-0.25, -0.2) is 5.43 Å². The van der Waals surface area contributed by atoms with Crippen LogP contribution in [0.3, 0.4) is 0 Å². The number of hydrogen-bond donors (Lipinski definition) is 3. The van der Waals surface area contributed by atoms with Crippen LogP contribution in [0.1, 0.15) is 30.9 Å². The summed E-state index contributed by atoms with van der Waals surface area (Å²) in [6.45, 7) is 0.639. The quantitative estimate of drug-likeness (QED) is 0.711. The standard InChI is InChI=1S/C24H24N6O/c25-12-17-21(18-14-28-29-23(18)15-6-2-1-3-7-15)22-19(9-4-10-20(22)31)30(24(17)26)16-8-5-11-27-13-16/h1-3,5-8,11,13,18,21,23,28-29H,4,9-10,14,26H2. The topological polar surface area (TPSA) is 107 Å². The van der Waals surface area contributed by atoms with Gasteiger partial charge in [-0.2, -0.15) is 5.26 Å². The predicted octanol–water partition coefficient (Wildman–Crippen LogP) is 2.68. The molecule has 5 rings (SSSR count). The first-order chi connectivity index (χ1) is 15.2. The lowest BCUT2D eigenvalue weighted by molar-refractivity contribution is -0.116. The van der Waals surface area contributed by atoms with Crippen LogP contribution in [-0.4, -0.2) is 17.3 Å². The van der Waals surface area contributed by atoms with Crippen LogP contribution in [-0.2, 0) is 4.79 Å². The van der Waals surface area contributed by atoms with Gasteiger partial charge in [0.05, 0.1) is 29.6 Å². The van der Waals surface area contributed by atoms with Gasteiger partial charge in [0.1, 0.15) is 5.82 Å². The summed E-state index contributed by atoms with van der Waals surface area (Å²) in [5.41, 5.74) is 17.2. The first-order valence-corrected chi connectivity index (χ1v) is 10.6. The van der Waals surface area contributed by atoms with Gasteiger partial charge in [-0.1, -0.05) is 30.3 Å². The molecule has 2 aromatic rings. The number of carbonyl (C=O) groups is 1. The van der Waals surface area contributed by atoms with E-state index in [0.717, 1.165) is 35.4 Å². The summed E-state index contributed by atoms with van der Waals surface area (Å²) in [5.74, 6) is 0.138. The average molecular weight is 412 g/mol. The highest BCUT2D eigenvalue weighted by atomic mass is 16.1. The number of rotatable bonds is 3. The number of nitrogens with one attached hydrogen (secondary N) is 2. The van der Waals surface area contributed by atoms with Gasteiger partial charge >= 0.3 is 0 Å². The van der Waals surface area contributed by atoms with E-state index in [2.05, 4.69) is 34.0 Å². The zero-order valence-electron chi connectivity index (χ0n) is 17.1. The van der Waals surface area contributed by atoms with Crippen molar-refractivity contribution in [3.05, 3.63) is 83.1 Å². The Kier molecular flexibility index (Phi) is 5.02. The summed E-state index contributed by atoms with van der Waals surface area (Å²) in [4.78, 5) is 19.4. The van der Waals surface area contributed by atoms with E-state index in [1.807, 2.05) is 35.2 Å². The summed E-state index contributed by atoms with van der Waals surface area (Å²) in [7, 11) is 0. The summed E-state index contributed by atoms with van der Waals surface area (Å²) >= 11 is 0. The van der Waals surface area contributed by atoms with Crippen LogP contribution in [0.5, 0.6) is 0 Å². The van der Waals surface area contributed by atoms with Crippen LogP contribution >= 0.6 is 0 Å². The number of ketones is 1. The minimum atomic E-state index is -0.353. The number of hydrogen-bond acceptors (Lipinski definition) is 7. The second kappa shape index (κ2) is 7.99. The molecular formula is C24H24N6O. The van der Waals surface area contributed by atoms with E-state index >= 15 is 0 Å². The van der Waals surface area contributed by atoms with Gasteiger partial charge in [0.2, 0.25) is 0 Å². The van der Waals surface area contributed by atoms with Gasteiger partial charge in [0, 0.05) is 42.3 Å². The third-order valence-electron chi connectivity index (χ3n) is 6.47. The number of benzene rings is 1. The Morgan fingerprint density at radius 2 is 2.00 bits per heavy atom. The average Bonchev–Trinajstić information content (AvgIpc) is 3.29. The number of hydrazine groups is 1. The molecule has 1 aromatic carbocycles. The molecule has 31 heavy (non-hydrogen) atoms. The Balaban J connectivity index is 1.67. The van der Waals surface area contributed by atoms with E-state index in [-0.39, 0.29) is 23.7 Å². The monoisotopic (exact) mass is 412 g/mol. The van der Waals surface area contributed by atoms with Crippen molar-refractivity contribution in [1.29, 1.82) is 5.26 Å². The summed E-state index contributed by atoms with van der Waals surface area (Å²) in [6, 6.07) is 16.2. The van der Waals surface area contributed by atoms with Crippen LogP contribution in [0.15, 0.2) is 77.5 Å². The second-order valence-electron chi connectivity index (χ2n) is 8.15. The SMILES string of the molecule is N#CC1=C(N)N(c2cccnc2)C2=C(C(=O)CCC2)C1C1CNNC1c1ccccc1. The largest absolute Gasteiger partial charge is 0.384 e. The molecule has 7 nitrogen and oxygen atoms in total. The van der Waals surface area contributed by atoms with E-state index in [4.69, 9.17) is 5.73 Å². The molecule has 1 saturated heterocycles. The third-order valence-corrected chi connectivity index (χ3v) is 6.47. The van der Waals surface area contributed by atoms with E-state index < -0.39 is 0 Å². The Labute approximate surface area is 181 Å². The number of nitrogens with zero attached hydrogens (tertiary/aromatic N) is 3. The smallest absolute Gasteiger partial charge is 0.161 e. The maximum atomic E-state index is 13.3. The maximum absolute atomic E-state index is 13.3. The van der Waals surface area contributed by atoms with Crippen LogP contribution in [0.25, 0.3) is 0 Å². The Hall–Kier alpha value is -3.47. The lowest BCUT2D eigenvalue weighted by Gasteiger charge is -2.41. The fourth-order valence-electron chi connectivity index (χ4n) is 5.15. The minimum Gasteiger partial charge on any atom is -0.384 e. The molecule has 3 atom stereocenters. The predicted molar refractivity (Wildman–Crippen MR) is 117 cm³/mol. The first kappa shape index (κ1) is 19.5. The van der Waals surface area contributed by atoms with Gasteiger partial charge in [0.25, 0.3) is 0 Å². The molecule has 1 fully saturated rings. The van der Waals surface area contributed by atoms with Crippen molar-refractivity contribution in [3.8, 4) is 6.07 Å². The molecule has 2 aliphatic heterocycles. The van der Waals surface area contributed by atoms with Crippen molar-refractivity contribution in [2.75, 3.05) is 11.4 Å². The van der Waals surface area contributed by atoms with Crippen molar-refractivity contribution in [2.24, 2.45) is 17.6 Å². The number of pyridine rings is 1. The third kappa shape index (κ3) is 3.21. The zero-order chi connectivity index (χ0) is 21.4. The highest BCUT2D eigenvalue weighted by Crippen LogP contribution is 2.47. The Morgan fingerprint density at radius 3 is 2.74 bits per heavy atom. The number of nitriles is 1. The van der Waals surface area contributed by atoms with Crippen LogP contribution in [0, 0.1) is 23.2 Å². The summed E-state index contributed by atoms with van der Waals surface area (Å²) < 4.78 is 0. The molecule has 3 unspecified atom stereocenters. The molecule has 3 heterocycles. The lowest BCUT2D eigenvalue weighted by atomic mass is 9.70. The number of anilines is 1. The van der Waals surface area contributed by atoms with Crippen molar-refractivity contribution in [2.45, 2.75) is 25.3 Å². The normalized spacial score (nSPS) is 26.1. The Bertz CT molecular complexity index is 1100. The number of allylic oxidation sites excluding steroid dienone is 3. The maximum Gasteiger partial charge on any atom is 0.161 e. The number of carbonyl (C=O) groups excluding carboxylic acids is 1. The van der Waals surface area contributed by atoms with Crippen molar-refractivity contribution in [1.82, 2.24) is 15.8 Å². The molecule has 1 aliphatic carbocycles. The van der Waals surface area contributed by atoms with Crippen molar-refractivity contribution >= 4 is 11.5 Å². The fourth-order valence-corrected chi connectivity index (χ4v) is 5.15. The van der Waals surface area contributed by atoms with Crippen molar-refractivity contribution in [3.63, 3.8) is 0 Å². The van der Waals surface area contributed by atoms with Gasteiger partial charge in [-0.15, -0.1) is 0 Å². The minimum absolute atomic E-state index is 0.0151. The molecule has 156 valence electrons. The van der Waals surface area contributed by atoms with Crippen molar-refractivity contribution < 1.29 is 4.79 Å². The molecule has 0 saturated carbocycles. The molecule has 7 heteroatoms. The van der Waals surface area contributed by atoms with Gasteiger partial charge < -0.3 is 5.73 Å². The van der Waals surface area contributed by atoms with Crippen LogP contribution in [0.2, 0.25) is 0 Å². The van der Waals surface area contributed by atoms with Gasteiger partial charge in [-0.05, 0) is 30.5 Å². The molecule has 0 spiro atoms. The van der Waals surface area contributed by atoms with E-state index in [0.29, 0.717) is 24.4 Å². The van der Waals surface area contributed by atoms with Gasteiger partial charge in [-0.3, -0.25) is 20.1 Å². The lowest BCUT2D eigenvalue weighted by Crippen LogP contribution is -2.42. The van der Waals surface area contributed by atoms with E-state index in [1.165, 1.54) is 0 Å². The molecular weight excluding hydrogens is 388 g/mol. The molecule has 3 aliphatic rings. The highest BCUT2D eigenvalue weighted by molar-refractivity contribution is 6.00. The molecule has 0 bridgehead atoms. The fraction of sp³-hybridized carbons (Fsp3) is 0.292. The molecule has 1 aromatic heterocycles. The molecule has 0 radical (unpaired) electrons. The number of nitrogens with two attached hydrogens (primary N) is 1. The summed E-state index contributed by atoms with van der Waals surface area (Å²) in [5, 5.41) is 10.2.